The standard InChI is InChI=1S/C21H21N3O2S/c1-4-14-24(5-2)21(25)22-16-12-10-15(11-13-16)20-23-17-8-7-9-18(26-6-3)19(17)27-20/h1,7-13H,5-6,14H2,2-3H3,(H,22,25). The second-order valence-corrected chi connectivity index (χ2v) is 6.78. The van der Waals surface area contributed by atoms with Gasteiger partial charge in [0.25, 0.3) is 0 Å². The molecule has 6 heteroatoms. The zero-order chi connectivity index (χ0) is 19.2. The van der Waals surface area contributed by atoms with Crippen LogP contribution >= 0.6 is 11.3 Å². The highest BCUT2D eigenvalue weighted by Gasteiger charge is 2.12. The Balaban J connectivity index is 1.79. The summed E-state index contributed by atoms with van der Waals surface area (Å²) in [5.41, 5.74) is 2.63. The number of anilines is 1. The molecule has 0 unspecified atom stereocenters. The molecular weight excluding hydrogens is 358 g/mol. The minimum atomic E-state index is -0.204. The molecule has 1 N–H and O–H groups in total. The van der Waals surface area contributed by atoms with Gasteiger partial charge in [0.2, 0.25) is 0 Å². The molecule has 27 heavy (non-hydrogen) atoms. The molecule has 1 aromatic heterocycles. The summed E-state index contributed by atoms with van der Waals surface area (Å²) in [5, 5.41) is 3.78. The van der Waals surface area contributed by atoms with Gasteiger partial charge in [0.15, 0.2) is 0 Å². The van der Waals surface area contributed by atoms with E-state index in [1.54, 1.807) is 16.2 Å². The Morgan fingerprint density at radius 3 is 2.70 bits per heavy atom. The number of benzene rings is 2. The molecule has 0 atom stereocenters. The average molecular weight is 379 g/mol. The number of urea groups is 1. The molecule has 3 aromatic rings. The largest absolute Gasteiger partial charge is 0.492 e. The van der Waals surface area contributed by atoms with E-state index in [0.717, 1.165) is 32.2 Å². The molecule has 1 heterocycles. The Morgan fingerprint density at radius 1 is 1.26 bits per heavy atom. The van der Waals surface area contributed by atoms with Crippen molar-refractivity contribution in [1.82, 2.24) is 9.88 Å². The van der Waals surface area contributed by atoms with Gasteiger partial charge in [-0.15, -0.1) is 17.8 Å². The Bertz CT molecular complexity index is 973. The highest BCUT2D eigenvalue weighted by atomic mass is 32.1. The molecule has 0 radical (unpaired) electrons. The highest BCUT2D eigenvalue weighted by Crippen LogP contribution is 2.36. The van der Waals surface area contributed by atoms with Crippen molar-refractivity contribution in [1.29, 1.82) is 0 Å². The summed E-state index contributed by atoms with van der Waals surface area (Å²) in [5.74, 6) is 3.35. The molecule has 0 saturated heterocycles. The Labute approximate surface area is 163 Å². The van der Waals surface area contributed by atoms with Crippen LogP contribution in [0.5, 0.6) is 5.75 Å². The molecule has 0 aliphatic heterocycles. The van der Waals surface area contributed by atoms with Crippen LogP contribution in [0.2, 0.25) is 0 Å². The van der Waals surface area contributed by atoms with Gasteiger partial charge in [0, 0.05) is 17.8 Å². The maximum Gasteiger partial charge on any atom is 0.322 e. The fraction of sp³-hybridized carbons (Fsp3) is 0.238. The molecular formula is C21H21N3O2S. The van der Waals surface area contributed by atoms with Crippen molar-refractivity contribution < 1.29 is 9.53 Å². The number of hydrogen-bond donors (Lipinski definition) is 1. The van der Waals surface area contributed by atoms with E-state index in [9.17, 15) is 4.79 Å². The van der Waals surface area contributed by atoms with Gasteiger partial charge in [-0.25, -0.2) is 9.78 Å². The number of carbonyl (C=O) groups excluding carboxylic acids is 1. The summed E-state index contributed by atoms with van der Waals surface area (Å²) >= 11 is 1.60. The van der Waals surface area contributed by atoms with Gasteiger partial charge in [-0.3, -0.25) is 0 Å². The van der Waals surface area contributed by atoms with Crippen LogP contribution in [0.1, 0.15) is 13.8 Å². The minimum Gasteiger partial charge on any atom is -0.492 e. The smallest absolute Gasteiger partial charge is 0.322 e. The number of fused-ring (bicyclic) bond motifs is 1. The Hall–Kier alpha value is -3.04. The van der Waals surface area contributed by atoms with Gasteiger partial charge in [-0.1, -0.05) is 12.0 Å². The average Bonchev–Trinajstić information content (AvgIpc) is 3.12. The summed E-state index contributed by atoms with van der Waals surface area (Å²) < 4.78 is 6.73. The van der Waals surface area contributed by atoms with Gasteiger partial charge < -0.3 is 15.0 Å². The number of amides is 2. The van der Waals surface area contributed by atoms with E-state index in [2.05, 4.69) is 11.2 Å². The maximum absolute atomic E-state index is 12.2. The monoisotopic (exact) mass is 379 g/mol. The Kier molecular flexibility index (Phi) is 5.94. The fourth-order valence-electron chi connectivity index (χ4n) is 2.65. The van der Waals surface area contributed by atoms with E-state index in [-0.39, 0.29) is 12.6 Å². The lowest BCUT2D eigenvalue weighted by Gasteiger charge is -2.18. The predicted octanol–water partition coefficient (Wildman–Crippen LogP) is 4.85. The quantitative estimate of drug-likeness (QED) is 0.623. The molecule has 0 aliphatic rings. The number of nitrogens with one attached hydrogen (secondary N) is 1. The van der Waals surface area contributed by atoms with Crippen LogP contribution in [-0.2, 0) is 0 Å². The molecule has 0 fully saturated rings. The van der Waals surface area contributed by atoms with Gasteiger partial charge in [0.1, 0.15) is 10.8 Å². The topological polar surface area (TPSA) is 54.5 Å². The van der Waals surface area contributed by atoms with E-state index in [1.165, 1.54) is 0 Å². The number of nitrogens with zero attached hydrogens (tertiary/aromatic N) is 2. The van der Waals surface area contributed by atoms with E-state index >= 15 is 0 Å². The van der Waals surface area contributed by atoms with Crippen molar-refractivity contribution >= 4 is 33.3 Å². The van der Waals surface area contributed by atoms with Crippen molar-refractivity contribution in [3.8, 4) is 28.7 Å². The van der Waals surface area contributed by atoms with Gasteiger partial charge in [-0.05, 0) is 50.2 Å². The van der Waals surface area contributed by atoms with Crippen LogP contribution in [0.25, 0.3) is 20.8 Å². The van der Waals surface area contributed by atoms with Crippen molar-refractivity contribution in [2.75, 3.05) is 25.0 Å². The summed E-state index contributed by atoms with van der Waals surface area (Å²) in [6, 6.07) is 13.3. The highest BCUT2D eigenvalue weighted by molar-refractivity contribution is 7.22. The fourth-order valence-corrected chi connectivity index (χ4v) is 3.69. The lowest BCUT2D eigenvalue weighted by Crippen LogP contribution is -2.34. The third-order valence-corrected chi connectivity index (χ3v) is 5.15. The number of carbonyl (C=O) groups is 1. The first-order valence-electron chi connectivity index (χ1n) is 8.78. The number of hydrogen-bond acceptors (Lipinski definition) is 4. The molecule has 5 nitrogen and oxygen atoms in total. The van der Waals surface area contributed by atoms with E-state index in [1.807, 2.05) is 56.3 Å². The Morgan fingerprint density at radius 2 is 2.04 bits per heavy atom. The van der Waals surface area contributed by atoms with E-state index in [4.69, 9.17) is 16.1 Å². The molecule has 138 valence electrons. The second-order valence-electron chi connectivity index (χ2n) is 5.78. The molecule has 3 rings (SSSR count). The molecule has 0 saturated carbocycles. The number of aromatic nitrogens is 1. The van der Waals surface area contributed by atoms with Gasteiger partial charge in [0.05, 0.1) is 23.4 Å². The molecule has 0 aliphatic carbocycles. The van der Waals surface area contributed by atoms with Crippen molar-refractivity contribution in [2.24, 2.45) is 0 Å². The van der Waals surface area contributed by atoms with E-state index in [0.29, 0.717) is 13.2 Å². The zero-order valence-corrected chi connectivity index (χ0v) is 16.2. The molecule has 0 spiro atoms. The zero-order valence-electron chi connectivity index (χ0n) is 15.4. The van der Waals surface area contributed by atoms with Crippen LogP contribution in [0, 0.1) is 12.3 Å². The first-order chi connectivity index (χ1) is 13.2. The number of terminal acetylenes is 1. The predicted molar refractivity (Wildman–Crippen MR) is 111 cm³/mol. The van der Waals surface area contributed by atoms with E-state index < -0.39 is 0 Å². The molecule has 2 aromatic carbocycles. The SMILES string of the molecule is C#CCN(CC)C(=O)Nc1ccc(-c2nc3cccc(OCC)c3s2)cc1. The first-order valence-corrected chi connectivity index (χ1v) is 9.60. The van der Waals surface area contributed by atoms with Crippen LogP contribution in [0.15, 0.2) is 42.5 Å². The van der Waals surface area contributed by atoms with Crippen LogP contribution < -0.4 is 10.1 Å². The molecule has 2 amide bonds. The lowest BCUT2D eigenvalue weighted by atomic mass is 10.2. The molecule has 0 bridgehead atoms. The van der Waals surface area contributed by atoms with Crippen molar-refractivity contribution in [3.63, 3.8) is 0 Å². The summed E-state index contributed by atoms with van der Waals surface area (Å²) in [4.78, 5) is 18.5. The minimum absolute atomic E-state index is 0.204. The first kappa shape index (κ1) is 18.7. The van der Waals surface area contributed by atoms with Crippen LogP contribution in [0.3, 0.4) is 0 Å². The van der Waals surface area contributed by atoms with Gasteiger partial charge in [-0.2, -0.15) is 0 Å². The third kappa shape index (κ3) is 4.21. The summed E-state index contributed by atoms with van der Waals surface area (Å²) in [6.45, 7) is 5.33. The maximum atomic E-state index is 12.2. The normalized spacial score (nSPS) is 10.4. The van der Waals surface area contributed by atoms with Gasteiger partial charge >= 0.3 is 6.03 Å². The second kappa shape index (κ2) is 8.56. The van der Waals surface area contributed by atoms with Crippen LogP contribution in [-0.4, -0.2) is 35.6 Å². The number of ether oxygens (including phenoxy) is 1. The van der Waals surface area contributed by atoms with Crippen molar-refractivity contribution in [2.45, 2.75) is 13.8 Å². The summed E-state index contributed by atoms with van der Waals surface area (Å²) in [6.07, 6.45) is 5.30. The third-order valence-electron chi connectivity index (χ3n) is 4.01. The number of thiazole rings is 1. The van der Waals surface area contributed by atoms with Crippen LogP contribution in [0.4, 0.5) is 10.5 Å². The summed E-state index contributed by atoms with van der Waals surface area (Å²) in [7, 11) is 0. The lowest BCUT2D eigenvalue weighted by molar-refractivity contribution is 0.220. The number of rotatable bonds is 6. The van der Waals surface area contributed by atoms with Crippen molar-refractivity contribution in [3.05, 3.63) is 42.5 Å².